The SMILES string of the molecule is Cc1c(Cc2cccc(N=S(=O)=O)c2)c(=O)oc2cc(-c3cncn3C)ccc12. The first-order valence-corrected chi connectivity index (χ1v) is 9.88. The predicted octanol–water partition coefficient (Wildman–Crippen LogP) is 3.79. The quantitative estimate of drug-likeness (QED) is 0.480. The lowest BCUT2D eigenvalue weighted by Crippen LogP contribution is -2.11. The Morgan fingerprint density at radius 1 is 1.17 bits per heavy atom. The van der Waals surface area contributed by atoms with E-state index < -0.39 is 16.1 Å². The highest BCUT2D eigenvalue weighted by molar-refractivity contribution is 7.61. The van der Waals surface area contributed by atoms with E-state index in [2.05, 4.69) is 9.35 Å². The summed E-state index contributed by atoms with van der Waals surface area (Å²) in [5, 5.41) is 0.854. The van der Waals surface area contributed by atoms with Gasteiger partial charge in [-0.1, -0.05) is 24.3 Å². The third-order valence-electron chi connectivity index (χ3n) is 4.87. The second kappa shape index (κ2) is 7.48. The Labute approximate surface area is 168 Å². The van der Waals surface area contributed by atoms with Crippen molar-refractivity contribution in [2.45, 2.75) is 13.3 Å². The summed E-state index contributed by atoms with van der Waals surface area (Å²) in [6.07, 6.45) is 3.79. The molecule has 4 aromatic rings. The number of aryl methyl sites for hydroxylation is 2. The van der Waals surface area contributed by atoms with Crippen molar-refractivity contribution in [3.05, 3.63) is 82.1 Å². The average molecular weight is 407 g/mol. The number of imidazole rings is 1. The molecular formula is C21H17N3O4S. The van der Waals surface area contributed by atoms with Gasteiger partial charge in [-0.3, -0.25) is 0 Å². The summed E-state index contributed by atoms with van der Waals surface area (Å²) < 4.78 is 32.6. The molecular weight excluding hydrogens is 390 g/mol. The van der Waals surface area contributed by atoms with Gasteiger partial charge in [-0.05, 0) is 36.2 Å². The van der Waals surface area contributed by atoms with Crippen LogP contribution >= 0.6 is 0 Å². The fourth-order valence-electron chi connectivity index (χ4n) is 3.41. The number of aromatic nitrogens is 2. The average Bonchev–Trinajstić information content (AvgIpc) is 3.10. The molecule has 4 rings (SSSR count). The summed E-state index contributed by atoms with van der Waals surface area (Å²) in [5.74, 6) is 0. The fourth-order valence-corrected chi connectivity index (χ4v) is 3.69. The third-order valence-corrected chi connectivity index (χ3v) is 5.23. The minimum absolute atomic E-state index is 0.319. The van der Waals surface area contributed by atoms with Crippen LogP contribution in [-0.2, 0) is 24.0 Å². The van der Waals surface area contributed by atoms with Gasteiger partial charge in [-0.2, -0.15) is 8.42 Å². The van der Waals surface area contributed by atoms with Gasteiger partial charge in [-0.25, -0.2) is 9.78 Å². The van der Waals surface area contributed by atoms with Crippen LogP contribution < -0.4 is 5.63 Å². The molecule has 146 valence electrons. The lowest BCUT2D eigenvalue weighted by Gasteiger charge is -2.10. The Morgan fingerprint density at radius 2 is 2.00 bits per heavy atom. The van der Waals surface area contributed by atoms with E-state index in [0.717, 1.165) is 27.8 Å². The summed E-state index contributed by atoms with van der Waals surface area (Å²) >= 11 is 0. The van der Waals surface area contributed by atoms with E-state index in [0.29, 0.717) is 23.3 Å². The van der Waals surface area contributed by atoms with Gasteiger partial charge in [0.05, 0.1) is 23.9 Å². The summed E-state index contributed by atoms with van der Waals surface area (Å²) in [6.45, 7) is 1.89. The molecule has 0 unspecified atom stereocenters. The second-order valence-corrected chi connectivity index (χ2v) is 7.37. The summed E-state index contributed by atoms with van der Waals surface area (Å²) in [6, 6.07) is 12.5. The van der Waals surface area contributed by atoms with Gasteiger partial charge in [-0.15, -0.1) is 4.36 Å². The summed E-state index contributed by atoms with van der Waals surface area (Å²) in [7, 11) is -0.624. The van der Waals surface area contributed by atoms with Gasteiger partial charge in [0.15, 0.2) is 0 Å². The molecule has 0 aliphatic rings. The van der Waals surface area contributed by atoms with Crippen LogP contribution in [0.4, 0.5) is 5.69 Å². The van der Waals surface area contributed by atoms with Crippen molar-refractivity contribution in [1.29, 1.82) is 0 Å². The van der Waals surface area contributed by atoms with Crippen LogP contribution in [0, 0.1) is 6.92 Å². The first kappa shape index (κ1) is 18.8. The van der Waals surface area contributed by atoms with Gasteiger partial charge >= 0.3 is 16.1 Å². The van der Waals surface area contributed by atoms with Crippen LogP contribution in [0.2, 0.25) is 0 Å². The maximum absolute atomic E-state index is 12.7. The molecule has 7 nitrogen and oxygen atoms in total. The van der Waals surface area contributed by atoms with Crippen molar-refractivity contribution in [3.8, 4) is 11.3 Å². The number of nitrogens with zero attached hydrogens (tertiary/aromatic N) is 3. The Balaban J connectivity index is 1.78. The molecule has 0 N–H and O–H groups in total. The van der Waals surface area contributed by atoms with Crippen molar-refractivity contribution >= 4 is 27.2 Å². The zero-order chi connectivity index (χ0) is 20.5. The number of hydrogen-bond donors (Lipinski definition) is 0. The topological polar surface area (TPSA) is 94.5 Å². The molecule has 2 aromatic heterocycles. The van der Waals surface area contributed by atoms with Gasteiger partial charge in [0.2, 0.25) is 0 Å². The highest BCUT2D eigenvalue weighted by Gasteiger charge is 2.14. The van der Waals surface area contributed by atoms with Crippen LogP contribution in [0.1, 0.15) is 16.7 Å². The van der Waals surface area contributed by atoms with Crippen LogP contribution in [-0.4, -0.2) is 18.0 Å². The molecule has 0 saturated carbocycles. The van der Waals surface area contributed by atoms with Crippen molar-refractivity contribution in [1.82, 2.24) is 9.55 Å². The summed E-state index contributed by atoms with van der Waals surface area (Å²) in [5.41, 5.74) is 4.40. The normalized spacial score (nSPS) is 11.0. The van der Waals surface area contributed by atoms with Crippen molar-refractivity contribution < 1.29 is 12.8 Å². The van der Waals surface area contributed by atoms with Crippen molar-refractivity contribution in [2.24, 2.45) is 11.4 Å². The van der Waals surface area contributed by atoms with Crippen LogP contribution in [0.25, 0.3) is 22.2 Å². The molecule has 0 fully saturated rings. The third kappa shape index (κ3) is 3.74. The molecule has 8 heteroatoms. The lowest BCUT2D eigenvalue weighted by atomic mass is 9.98. The number of fused-ring (bicyclic) bond motifs is 1. The van der Waals surface area contributed by atoms with Crippen molar-refractivity contribution in [3.63, 3.8) is 0 Å². The smallest absolute Gasteiger partial charge is 0.340 e. The molecule has 2 aromatic carbocycles. The Morgan fingerprint density at radius 3 is 2.72 bits per heavy atom. The second-order valence-electron chi connectivity index (χ2n) is 6.75. The number of hydrogen-bond acceptors (Lipinski definition) is 6. The monoisotopic (exact) mass is 407 g/mol. The molecule has 0 spiro atoms. The first-order valence-electron chi connectivity index (χ1n) is 8.85. The van der Waals surface area contributed by atoms with E-state index in [1.165, 1.54) is 0 Å². The number of rotatable bonds is 4. The number of benzene rings is 2. The maximum atomic E-state index is 12.7. The zero-order valence-electron chi connectivity index (χ0n) is 15.8. The molecule has 0 amide bonds. The molecule has 0 saturated heterocycles. The van der Waals surface area contributed by atoms with Crippen LogP contribution in [0.15, 0.2) is 68.6 Å². The van der Waals surface area contributed by atoms with Crippen molar-refractivity contribution in [2.75, 3.05) is 0 Å². The Kier molecular flexibility index (Phi) is 4.85. The minimum atomic E-state index is -2.53. The van der Waals surface area contributed by atoms with Crippen LogP contribution in [0.5, 0.6) is 0 Å². The lowest BCUT2D eigenvalue weighted by molar-refractivity contribution is 0.551. The molecule has 0 aliphatic carbocycles. The van der Waals surface area contributed by atoms with E-state index in [9.17, 15) is 13.2 Å². The molecule has 0 radical (unpaired) electrons. The largest absolute Gasteiger partial charge is 0.422 e. The molecule has 0 atom stereocenters. The fraction of sp³-hybridized carbons (Fsp3) is 0.143. The van der Waals surface area contributed by atoms with Gasteiger partial charge in [0.1, 0.15) is 5.58 Å². The van der Waals surface area contributed by atoms with E-state index in [1.807, 2.05) is 42.8 Å². The minimum Gasteiger partial charge on any atom is -0.422 e. The van der Waals surface area contributed by atoms with E-state index in [-0.39, 0.29) is 0 Å². The standard InChI is InChI=1S/C21H17N3O4S/c1-13-17-7-6-15(19-11-22-12-24(19)2)10-20(17)28-21(25)18(13)9-14-4-3-5-16(8-14)23-29(26)27/h3-8,10-12H,9H2,1-2H3. The predicted molar refractivity (Wildman–Crippen MR) is 110 cm³/mol. The Hall–Kier alpha value is -3.52. The van der Waals surface area contributed by atoms with E-state index in [4.69, 9.17) is 4.42 Å². The van der Waals surface area contributed by atoms with Crippen LogP contribution in [0.3, 0.4) is 0 Å². The van der Waals surface area contributed by atoms with E-state index in [1.54, 1.807) is 30.7 Å². The zero-order valence-corrected chi connectivity index (χ0v) is 16.6. The Bertz CT molecular complexity index is 1420. The van der Waals surface area contributed by atoms with Gasteiger partial charge in [0, 0.05) is 30.0 Å². The molecule has 0 aliphatic heterocycles. The van der Waals surface area contributed by atoms with E-state index >= 15 is 0 Å². The highest BCUT2D eigenvalue weighted by atomic mass is 32.2. The highest BCUT2D eigenvalue weighted by Crippen LogP contribution is 2.27. The van der Waals surface area contributed by atoms with Gasteiger partial charge < -0.3 is 8.98 Å². The van der Waals surface area contributed by atoms with Gasteiger partial charge in [0.25, 0.3) is 0 Å². The summed E-state index contributed by atoms with van der Waals surface area (Å²) in [4.78, 5) is 16.8. The molecule has 2 heterocycles. The maximum Gasteiger partial charge on any atom is 0.340 e. The molecule has 29 heavy (non-hydrogen) atoms. The molecule has 0 bridgehead atoms. The first-order chi connectivity index (χ1) is 13.9.